The van der Waals surface area contributed by atoms with Gasteiger partial charge in [-0.1, -0.05) is 12.1 Å². The van der Waals surface area contributed by atoms with Gasteiger partial charge in [0.15, 0.2) is 0 Å². The zero-order valence-electron chi connectivity index (χ0n) is 19.5. The van der Waals surface area contributed by atoms with Crippen molar-refractivity contribution in [3.63, 3.8) is 0 Å². The first-order valence-electron chi connectivity index (χ1n) is 12.4. The van der Waals surface area contributed by atoms with Crippen LogP contribution in [0.5, 0.6) is 0 Å². The number of pyridine rings is 1. The van der Waals surface area contributed by atoms with Gasteiger partial charge in [0.2, 0.25) is 5.95 Å². The minimum Gasteiger partial charge on any atom is -0.352 e. The van der Waals surface area contributed by atoms with Crippen molar-refractivity contribution >= 4 is 17.5 Å². The molecule has 2 N–H and O–H groups in total. The van der Waals surface area contributed by atoms with Gasteiger partial charge in [-0.25, -0.2) is 15.0 Å². The molecule has 34 heavy (non-hydrogen) atoms. The average molecular weight is 457 g/mol. The minimum absolute atomic E-state index is 0.495. The molecule has 6 aliphatic rings. The second-order valence-electron chi connectivity index (χ2n) is 9.49. The highest BCUT2D eigenvalue weighted by Crippen LogP contribution is 2.26. The van der Waals surface area contributed by atoms with Gasteiger partial charge >= 0.3 is 0 Å². The van der Waals surface area contributed by atoms with Crippen LogP contribution in [0.3, 0.4) is 0 Å². The normalized spacial score (nSPS) is 24.8. The Labute approximate surface area is 201 Å². The summed E-state index contributed by atoms with van der Waals surface area (Å²) >= 11 is 0. The summed E-state index contributed by atoms with van der Waals surface area (Å²) in [6.07, 6.45) is 6.17. The number of nitrogens with zero attached hydrogens (tertiary/aromatic N) is 6. The Morgan fingerprint density at radius 2 is 1.82 bits per heavy atom. The van der Waals surface area contributed by atoms with E-state index in [-0.39, 0.29) is 0 Å². The van der Waals surface area contributed by atoms with E-state index in [0.717, 1.165) is 75.2 Å². The lowest BCUT2D eigenvalue weighted by Gasteiger charge is -2.35. The zero-order chi connectivity index (χ0) is 22.7. The summed E-state index contributed by atoms with van der Waals surface area (Å²) < 4.78 is 0. The van der Waals surface area contributed by atoms with Gasteiger partial charge in [0.05, 0.1) is 5.69 Å². The van der Waals surface area contributed by atoms with Crippen LogP contribution in [0.4, 0.5) is 17.5 Å². The molecule has 8 heteroatoms. The fraction of sp³-hybridized carbons (Fsp3) is 0.423. The highest BCUT2D eigenvalue weighted by atomic mass is 15.3. The molecule has 1 atom stereocenters. The molecule has 1 unspecified atom stereocenters. The third kappa shape index (κ3) is 4.75. The monoisotopic (exact) mass is 456 g/mol. The molecular weight excluding hydrogens is 424 g/mol. The Balaban J connectivity index is 1.30. The number of aromatic nitrogens is 3. The Morgan fingerprint density at radius 1 is 0.912 bits per heavy atom. The van der Waals surface area contributed by atoms with Crippen molar-refractivity contribution in [1.29, 1.82) is 0 Å². The molecule has 8 heterocycles. The van der Waals surface area contributed by atoms with Crippen molar-refractivity contribution < 1.29 is 0 Å². The number of nitrogens with one attached hydrogen (secondary N) is 2. The van der Waals surface area contributed by atoms with Crippen molar-refractivity contribution in [2.75, 3.05) is 56.2 Å². The zero-order valence-corrected chi connectivity index (χ0v) is 19.5. The summed E-state index contributed by atoms with van der Waals surface area (Å²) in [6, 6.07) is 15.3. The van der Waals surface area contributed by atoms with Gasteiger partial charge < -0.3 is 15.5 Å². The summed E-state index contributed by atoms with van der Waals surface area (Å²) in [7, 11) is 0. The third-order valence-corrected chi connectivity index (χ3v) is 7.14. The van der Waals surface area contributed by atoms with Gasteiger partial charge in [-0.2, -0.15) is 0 Å². The molecule has 2 saturated heterocycles. The number of hydrogen-bond donors (Lipinski definition) is 2. The summed E-state index contributed by atoms with van der Waals surface area (Å²) in [4.78, 5) is 21.6. The quantitative estimate of drug-likeness (QED) is 0.535. The Kier molecular flexibility index (Phi) is 6.10. The SMILES string of the molecule is c1cc2cc(c1)Nc1nccc(n1)-c1ccc(nc1)N1CCCC1CNCN1CCN(CC1)C2. The third-order valence-electron chi connectivity index (χ3n) is 7.14. The lowest BCUT2D eigenvalue weighted by atomic mass is 10.1. The highest BCUT2D eigenvalue weighted by Gasteiger charge is 2.26. The van der Waals surface area contributed by atoms with Crippen molar-refractivity contribution in [3.05, 3.63) is 60.4 Å². The van der Waals surface area contributed by atoms with Crippen molar-refractivity contribution in [1.82, 2.24) is 30.1 Å². The predicted octanol–water partition coefficient (Wildman–Crippen LogP) is 2.93. The molecule has 8 bridgehead atoms. The van der Waals surface area contributed by atoms with Crippen LogP contribution in [-0.2, 0) is 6.54 Å². The fourth-order valence-corrected chi connectivity index (χ4v) is 5.27. The van der Waals surface area contributed by atoms with E-state index in [1.165, 1.54) is 18.4 Å². The first kappa shape index (κ1) is 21.5. The van der Waals surface area contributed by atoms with Gasteiger partial charge in [-0.15, -0.1) is 0 Å². The fourth-order valence-electron chi connectivity index (χ4n) is 5.27. The van der Waals surface area contributed by atoms with Crippen LogP contribution in [-0.4, -0.2) is 76.7 Å². The number of anilines is 3. The number of piperazine rings is 1. The Bertz CT molecular complexity index is 1110. The number of rotatable bonds is 0. The maximum absolute atomic E-state index is 4.82. The standard InChI is InChI=1S/C26H32N8/c1-3-20-15-22(4-1)30-26-28-9-8-24(31-26)21-6-7-25(29-16-21)34-10-2-5-23(34)17-27-19-33-13-11-32(18-20)12-14-33/h1,3-4,6-9,15-16,23,27H,2,5,10-14,17-19H2,(H,28,30,31). The molecule has 3 aromatic rings. The van der Waals surface area contributed by atoms with Crippen LogP contribution in [0.25, 0.3) is 11.3 Å². The molecule has 2 fully saturated rings. The van der Waals surface area contributed by atoms with E-state index in [0.29, 0.717) is 12.0 Å². The summed E-state index contributed by atoms with van der Waals surface area (Å²) in [5, 5.41) is 7.12. The maximum atomic E-state index is 4.82. The van der Waals surface area contributed by atoms with Gasteiger partial charge in [0.25, 0.3) is 0 Å². The lowest BCUT2D eigenvalue weighted by Crippen LogP contribution is -2.50. The molecule has 1 aromatic carbocycles. The maximum Gasteiger partial charge on any atom is 0.227 e. The van der Waals surface area contributed by atoms with Crippen LogP contribution < -0.4 is 15.5 Å². The van der Waals surface area contributed by atoms with Crippen LogP contribution in [0.1, 0.15) is 18.4 Å². The lowest BCUT2D eigenvalue weighted by molar-refractivity contribution is 0.120. The molecule has 2 aromatic heterocycles. The number of benzene rings is 1. The Hall–Kier alpha value is -3.07. The van der Waals surface area contributed by atoms with Crippen LogP contribution in [0, 0.1) is 0 Å². The first-order valence-corrected chi connectivity index (χ1v) is 12.4. The predicted molar refractivity (Wildman–Crippen MR) is 135 cm³/mol. The van der Waals surface area contributed by atoms with E-state index in [2.05, 4.69) is 66.7 Å². The molecule has 0 amide bonds. The van der Waals surface area contributed by atoms with E-state index in [9.17, 15) is 0 Å². The first-order chi connectivity index (χ1) is 16.8. The number of hydrogen-bond acceptors (Lipinski definition) is 8. The molecule has 9 rings (SSSR count). The van der Waals surface area contributed by atoms with E-state index in [1.54, 1.807) is 6.20 Å². The summed E-state index contributed by atoms with van der Waals surface area (Å²) in [5.74, 6) is 1.65. The summed E-state index contributed by atoms with van der Waals surface area (Å²) in [6.45, 7) is 8.37. The van der Waals surface area contributed by atoms with E-state index < -0.39 is 0 Å². The van der Waals surface area contributed by atoms with Crippen LogP contribution in [0.2, 0.25) is 0 Å². The van der Waals surface area contributed by atoms with Gasteiger partial charge in [0, 0.05) is 82.2 Å². The van der Waals surface area contributed by atoms with E-state index in [1.807, 2.05) is 12.3 Å². The van der Waals surface area contributed by atoms with Crippen LogP contribution in [0.15, 0.2) is 54.9 Å². The molecule has 176 valence electrons. The van der Waals surface area contributed by atoms with Gasteiger partial charge in [0.1, 0.15) is 5.82 Å². The largest absolute Gasteiger partial charge is 0.352 e. The molecule has 6 aliphatic heterocycles. The van der Waals surface area contributed by atoms with Crippen molar-refractivity contribution in [2.24, 2.45) is 0 Å². The molecule has 0 spiro atoms. The molecule has 0 aliphatic carbocycles. The molecule has 8 nitrogen and oxygen atoms in total. The highest BCUT2D eigenvalue weighted by molar-refractivity contribution is 5.63. The average Bonchev–Trinajstić information content (AvgIpc) is 3.34. The Morgan fingerprint density at radius 3 is 2.71 bits per heavy atom. The molecule has 0 saturated carbocycles. The van der Waals surface area contributed by atoms with E-state index in [4.69, 9.17) is 9.97 Å². The van der Waals surface area contributed by atoms with Crippen LogP contribution >= 0.6 is 0 Å². The molecular formula is C26H32N8. The second-order valence-corrected chi connectivity index (χ2v) is 9.49. The van der Waals surface area contributed by atoms with E-state index >= 15 is 0 Å². The van der Waals surface area contributed by atoms with Crippen molar-refractivity contribution in [2.45, 2.75) is 25.4 Å². The topological polar surface area (TPSA) is 72.4 Å². The van der Waals surface area contributed by atoms with Gasteiger partial charge in [-0.3, -0.25) is 9.80 Å². The smallest absolute Gasteiger partial charge is 0.227 e. The molecule has 0 radical (unpaired) electrons. The second kappa shape index (κ2) is 9.66. The van der Waals surface area contributed by atoms with Gasteiger partial charge in [-0.05, 0) is 48.7 Å². The minimum atomic E-state index is 0.495. The van der Waals surface area contributed by atoms with Crippen molar-refractivity contribution in [3.8, 4) is 11.3 Å². The summed E-state index contributed by atoms with van der Waals surface area (Å²) in [5.41, 5.74) is 4.19.